The molecule has 1 aromatic rings. The van der Waals surface area contributed by atoms with E-state index in [0.29, 0.717) is 28.1 Å². The molecule has 20 heavy (non-hydrogen) atoms. The fraction of sp³-hybridized carbons (Fsp3) is 0.200. The van der Waals surface area contributed by atoms with Crippen molar-refractivity contribution in [3.8, 4) is 12.1 Å². The molecule has 0 amide bonds. The van der Waals surface area contributed by atoms with Crippen molar-refractivity contribution in [2.45, 2.75) is 19.8 Å². The molecule has 2 rings (SSSR count). The van der Waals surface area contributed by atoms with Crippen LogP contribution in [-0.4, -0.2) is 0 Å². The highest BCUT2D eigenvalue weighted by Crippen LogP contribution is 2.40. The second kappa shape index (κ2) is 5.36. The summed E-state index contributed by atoms with van der Waals surface area (Å²) in [5.41, 5.74) is 2.74. The Balaban J connectivity index is 2.69. The van der Waals surface area contributed by atoms with E-state index in [-0.39, 0.29) is 5.02 Å². The normalized spacial score (nSPS) is 15.7. The Kier molecular flexibility index (Phi) is 3.79. The minimum Gasteiger partial charge on any atom is -0.361 e. The van der Waals surface area contributed by atoms with Crippen molar-refractivity contribution in [2.75, 3.05) is 0 Å². The standard InChI is InChI=1S/C15H11ClFN3/c1-8-12(6-18)15(13(7-19)9(2)20-8)11-4-3-10(17)5-14(11)16/h3-5,15,20H,1-2H3. The molecule has 1 aliphatic rings. The SMILES string of the molecule is CC1=C(C#N)C(c2ccc(F)cc2Cl)C(C#N)=C(C)N1. The van der Waals surface area contributed by atoms with Gasteiger partial charge in [0.2, 0.25) is 0 Å². The third kappa shape index (κ3) is 2.27. The summed E-state index contributed by atoms with van der Waals surface area (Å²) in [6, 6.07) is 8.20. The van der Waals surface area contributed by atoms with Crippen molar-refractivity contribution in [3.05, 3.63) is 57.1 Å². The highest BCUT2D eigenvalue weighted by Gasteiger charge is 2.30. The van der Waals surface area contributed by atoms with Crippen LogP contribution in [-0.2, 0) is 0 Å². The second-order valence-electron chi connectivity index (χ2n) is 4.52. The summed E-state index contributed by atoms with van der Waals surface area (Å²) in [5.74, 6) is -1.01. The van der Waals surface area contributed by atoms with Gasteiger partial charge in [0.05, 0.1) is 29.2 Å². The van der Waals surface area contributed by atoms with Crippen LogP contribution < -0.4 is 5.32 Å². The summed E-state index contributed by atoms with van der Waals surface area (Å²) >= 11 is 6.08. The van der Waals surface area contributed by atoms with Gasteiger partial charge in [0, 0.05) is 16.4 Å². The lowest BCUT2D eigenvalue weighted by Gasteiger charge is -2.26. The molecule has 0 saturated heterocycles. The summed E-state index contributed by atoms with van der Waals surface area (Å²) in [4.78, 5) is 0. The van der Waals surface area contributed by atoms with Gasteiger partial charge in [-0.05, 0) is 31.5 Å². The highest BCUT2D eigenvalue weighted by atomic mass is 35.5. The van der Waals surface area contributed by atoms with E-state index in [1.165, 1.54) is 18.2 Å². The van der Waals surface area contributed by atoms with E-state index in [9.17, 15) is 14.9 Å². The number of benzene rings is 1. The quantitative estimate of drug-likeness (QED) is 0.855. The van der Waals surface area contributed by atoms with Gasteiger partial charge in [0.25, 0.3) is 0 Å². The van der Waals surface area contributed by atoms with E-state index in [1.54, 1.807) is 13.8 Å². The molecular weight excluding hydrogens is 277 g/mol. The second-order valence-corrected chi connectivity index (χ2v) is 4.93. The summed E-state index contributed by atoms with van der Waals surface area (Å²) in [6.07, 6.45) is 0. The number of nitrogens with zero attached hydrogens (tertiary/aromatic N) is 2. The Hall–Kier alpha value is -2.30. The zero-order chi connectivity index (χ0) is 14.9. The highest BCUT2D eigenvalue weighted by molar-refractivity contribution is 6.31. The Labute approximate surface area is 121 Å². The third-order valence-corrected chi connectivity index (χ3v) is 3.60. The smallest absolute Gasteiger partial charge is 0.124 e. The number of nitriles is 2. The molecule has 0 fully saturated rings. The van der Waals surface area contributed by atoms with Crippen LogP contribution in [0.5, 0.6) is 0 Å². The predicted molar refractivity (Wildman–Crippen MR) is 73.9 cm³/mol. The summed E-state index contributed by atoms with van der Waals surface area (Å²) in [6.45, 7) is 3.53. The molecule has 0 unspecified atom stereocenters. The number of rotatable bonds is 1. The fourth-order valence-electron chi connectivity index (χ4n) is 2.34. The molecule has 100 valence electrons. The van der Waals surface area contributed by atoms with E-state index >= 15 is 0 Å². The van der Waals surface area contributed by atoms with Crippen molar-refractivity contribution < 1.29 is 4.39 Å². The van der Waals surface area contributed by atoms with Gasteiger partial charge in [-0.25, -0.2) is 4.39 Å². The van der Waals surface area contributed by atoms with E-state index < -0.39 is 11.7 Å². The van der Waals surface area contributed by atoms with Gasteiger partial charge < -0.3 is 5.32 Å². The first-order chi connectivity index (χ1) is 9.49. The Bertz CT molecular complexity index is 684. The Morgan fingerprint density at radius 2 is 1.70 bits per heavy atom. The van der Waals surface area contributed by atoms with Crippen molar-refractivity contribution in [2.24, 2.45) is 0 Å². The molecule has 0 spiro atoms. The lowest BCUT2D eigenvalue weighted by molar-refractivity contribution is 0.626. The molecule has 1 N–H and O–H groups in total. The zero-order valence-electron chi connectivity index (χ0n) is 11.0. The molecule has 1 aliphatic heterocycles. The van der Waals surface area contributed by atoms with Gasteiger partial charge in [-0.3, -0.25) is 0 Å². The van der Waals surface area contributed by atoms with Crippen molar-refractivity contribution in [1.82, 2.24) is 5.32 Å². The van der Waals surface area contributed by atoms with Crippen molar-refractivity contribution >= 4 is 11.6 Å². The molecule has 0 aliphatic carbocycles. The van der Waals surface area contributed by atoms with Gasteiger partial charge >= 0.3 is 0 Å². The first kappa shape index (κ1) is 14.1. The molecule has 5 heteroatoms. The van der Waals surface area contributed by atoms with Gasteiger partial charge in [-0.15, -0.1) is 0 Å². The van der Waals surface area contributed by atoms with Crippen LogP contribution in [0.3, 0.4) is 0 Å². The minimum atomic E-state index is -0.556. The fourth-order valence-corrected chi connectivity index (χ4v) is 2.61. The monoisotopic (exact) mass is 287 g/mol. The number of halogens is 2. The first-order valence-electron chi connectivity index (χ1n) is 5.93. The number of allylic oxidation sites excluding steroid dienone is 4. The predicted octanol–water partition coefficient (Wildman–Crippen LogP) is 3.76. The van der Waals surface area contributed by atoms with Crippen LogP contribution in [0.1, 0.15) is 25.3 Å². The molecule has 0 bridgehead atoms. The van der Waals surface area contributed by atoms with E-state index in [0.717, 1.165) is 0 Å². The number of hydrogen-bond donors (Lipinski definition) is 1. The lowest BCUT2D eigenvalue weighted by atomic mass is 9.81. The molecule has 3 nitrogen and oxygen atoms in total. The van der Waals surface area contributed by atoms with Gasteiger partial charge in [-0.2, -0.15) is 10.5 Å². The van der Waals surface area contributed by atoms with Gasteiger partial charge in [0.15, 0.2) is 0 Å². The van der Waals surface area contributed by atoms with Crippen LogP contribution in [0.15, 0.2) is 40.7 Å². The average molecular weight is 288 g/mol. The maximum Gasteiger partial charge on any atom is 0.124 e. The molecule has 0 saturated carbocycles. The molecule has 1 heterocycles. The maximum atomic E-state index is 13.2. The molecular formula is C15H11ClFN3. The number of hydrogen-bond acceptors (Lipinski definition) is 3. The van der Waals surface area contributed by atoms with E-state index in [1.807, 2.05) is 0 Å². The third-order valence-electron chi connectivity index (χ3n) is 3.27. The van der Waals surface area contributed by atoms with Crippen LogP contribution >= 0.6 is 11.6 Å². The van der Waals surface area contributed by atoms with Crippen molar-refractivity contribution in [3.63, 3.8) is 0 Å². The minimum absolute atomic E-state index is 0.206. The summed E-state index contributed by atoms with van der Waals surface area (Å²) in [7, 11) is 0. The van der Waals surface area contributed by atoms with Gasteiger partial charge in [0.1, 0.15) is 5.82 Å². The lowest BCUT2D eigenvalue weighted by Crippen LogP contribution is -2.23. The first-order valence-corrected chi connectivity index (χ1v) is 6.31. The van der Waals surface area contributed by atoms with Gasteiger partial charge in [-0.1, -0.05) is 17.7 Å². The van der Waals surface area contributed by atoms with Crippen LogP contribution in [0.4, 0.5) is 4.39 Å². The zero-order valence-corrected chi connectivity index (χ0v) is 11.7. The van der Waals surface area contributed by atoms with Crippen LogP contribution in [0.2, 0.25) is 5.02 Å². The van der Waals surface area contributed by atoms with E-state index in [4.69, 9.17) is 11.6 Å². The number of dihydropyridines is 1. The summed E-state index contributed by atoms with van der Waals surface area (Å²) in [5, 5.41) is 21.9. The van der Waals surface area contributed by atoms with Crippen molar-refractivity contribution in [1.29, 1.82) is 10.5 Å². The number of nitrogens with one attached hydrogen (secondary N) is 1. The largest absolute Gasteiger partial charge is 0.361 e. The van der Waals surface area contributed by atoms with Crippen LogP contribution in [0, 0.1) is 28.5 Å². The maximum absolute atomic E-state index is 13.2. The molecule has 0 radical (unpaired) electrons. The Morgan fingerprint density at radius 3 is 2.15 bits per heavy atom. The molecule has 1 aromatic carbocycles. The molecule has 0 aromatic heterocycles. The van der Waals surface area contributed by atoms with Crippen LogP contribution in [0.25, 0.3) is 0 Å². The topological polar surface area (TPSA) is 59.6 Å². The van der Waals surface area contributed by atoms with E-state index in [2.05, 4.69) is 17.5 Å². The summed E-state index contributed by atoms with van der Waals surface area (Å²) < 4.78 is 13.2. The Morgan fingerprint density at radius 1 is 1.15 bits per heavy atom. The average Bonchev–Trinajstić information content (AvgIpc) is 2.38. The molecule has 0 atom stereocenters.